The zero-order chi connectivity index (χ0) is 7.28. The molecule has 0 aromatic heterocycles. The highest BCUT2D eigenvalue weighted by molar-refractivity contribution is 5.42. The van der Waals surface area contributed by atoms with Gasteiger partial charge in [-0.15, -0.1) is 0 Å². The van der Waals surface area contributed by atoms with E-state index in [1.54, 1.807) is 0 Å². The fourth-order valence-electron chi connectivity index (χ4n) is 0.645. The van der Waals surface area contributed by atoms with Crippen LogP contribution in [0.2, 0.25) is 0 Å². The third-order valence-electron chi connectivity index (χ3n) is 1.65. The van der Waals surface area contributed by atoms with Crippen LogP contribution in [0.25, 0.3) is 0 Å². The molecule has 1 aliphatic heterocycles. The maximum absolute atomic E-state index is 8.58. The second kappa shape index (κ2) is 4.32. The lowest BCUT2D eigenvalue weighted by Gasteiger charge is -2.34. The Morgan fingerprint density at radius 3 is 2.11 bits per heavy atom. The monoisotopic (exact) mass is 130 g/mol. The summed E-state index contributed by atoms with van der Waals surface area (Å²) in [5.74, 6) is 0. The van der Waals surface area contributed by atoms with E-state index in [0.717, 1.165) is 6.04 Å². The number of amides is 1. The molecule has 0 spiro atoms. The number of likely N-dealkylation sites (tertiary alicyclic amines) is 1. The second-order valence-electron chi connectivity index (χ2n) is 2.25. The maximum Gasteiger partial charge on any atom is 0.204 e. The number of nitrogens with zero attached hydrogens (tertiary/aromatic N) is 1. The van der Waals surface area contributed by atoms with Gasteiger partial charge in [0, 0.05) is 6.04 Å². The Morgan fingerprint density at radius 2 is 2.11 bits per heavy atom. The van der Waals surface area contributed by atoms with Gasteiger partial charge in [-0.3, -0.25) is 4.79 Å². The molecule has 1 heterocycles. The van der Waals surface area contributed by atoms with Crippen LogP contribution in [0.1, 0.15) is 13.3 Å². The van der Waals surface area contributed by atoms with Gasteiger partial charge in [-0.2, -0.15) is 0 Å². The number of rotatable bonds is 0. The number of carbonyl (C=O) groups is 1. The molecule has 3 nitrogen and oxygen atoms in total. The Hall–Kier alpha value is -0.570. The van der Waals surface area contributed by atoms with E-state index in [9.17, 15) is 0 Å². The lowest BCUT2D eigenvalue weighted by Crippen LogP contribution is -2.41. The molecule has 0 aliphatic carbocycles. The molecule has 0 saturated carbocycles. The minimum Gasteiger partial charge on any atom is -0.372 e. The van der Waals surface area contributed by atoms with Crippen LogP contribution in [-0.4, -0.2) is 30.9 Å². The van der Waals surface area contributed by atoms with Crippen LogP contribution in [0.4, 0.5) is 0 Å². The van der Waals surface area contributed by atoms with Gasteiger partial charge >= 0.3 is 0 Å². The van der Waals surface area contributed by atoms with Gasteiger partial charge in [-0.25, -0.2) is 0 Å². The average Bonchev–Trinajstić information content (AvgIpc) is 1.86. The van der Waals surface area contributed by atoms with Crippen molar-refractivity contribution in [2.24, 2.45) is 5.73 Å². The molecule has 0 aromatic rings. The van der Waals surface area contributed by atoms with E-state index in [1.807, 2.05) is 0 Å². The third kappa shape index (κ3) is 3.08. The second-order valence-corrected chi connectivity index (χ2v) is 2.25. The molecule has 0 bridgehead atoms. The van der Waals surface area contributed by atoms with Crippen LogP contribution in [-0.2, 0) is 4.79 Å². The summed E-state index contributed by atoms with van der Waals surface area (Å²) in [6, 6.07) is 0.866. The van der Waals surface area contributed by atoms with Crippen LogP contribution in [0.3, 0.4) is 0 Å². The average molecular weight is 130 g/mol. The quantitative estimate of drug-likeness (QED) is 0.462. The van der Waals surface area contributed by atoms with Gasteiger partial charge in [-0.05, 0) is 26.9 Å². The Morgan fingerprint density at radius 1 is 1.78 bits per heavy atom. The molecule has 9 heavy (non-hydrogen) atoms. The zero-order valence-electron chi connectivity index (χ0n) is 6.00. The fraction of sp³-hybridized carbons (Fsp3) is 0.833. The van der Waals surface area contributed by atoms with E-state index in [-0.39, 0.29) is 6.41 Å². The predicted octanol–water partition coefficient (Wildman–Crippen LogP) is -0.188. The Bertz CT molecular complexity index is 77.1. The van der Waals surface area contributed by atoms with E-state index >= 15 is 0 Å². The molecular weight excluding hydrogens is 116 g/mol. The first-order valence-electron chi connectivity index (χ1n) is 3.08. The van der Waals surface area contributed by atoms with Crippen LogP contribution in [0.5, 0.6) is 0 Å². The Labute approximate surface area is 55.8 Å². The molecule has 1 aliphatic rings. The highest BCUT2D eigenvalue weighted by atomic mass is 16.1. The summed E-state index contributed by atoms with van der Waals surface area (Å²) in [5.41, 5.74) is 4.17. The summed E-state index contributed by atoms with van der Waals surface area (Å²) in [6.45, 7) is 3.56. The van der Waals surface area contributed by atoms with Crippen molar-refractivity contribution >= 4 is 6.41 Å². The van der Waals surface area contributed by atoms with E-state index in [4.69, 9.17) is 4.79 Å². The third-order valence-corrected chi connectivity index (χ3v) is 1.65. The molecule has 1 amide bonds. The van der Waals surface area contributed by atoms with Crippen molar-refractivity contribution in [2.75, 3.05) is 13.6 Å². The standard InChI is InChI=1S/C5H11N.CH3NO/c1-5-3-4-6(5)2;2-1-3/h5H,3-4H2,1-2H3;1H,(H2,2,3). The number of primary amides is 1. The lowest BCUT2D eigenvalue weighted by atomic mass is 10.1. The van der Waals surface area contributed by atoms with Crippen molar-refractivity contribution in [3.8, 4) is 0 Å². The van der Waals surface area contributed by atoms with Crippen molar-refractivity contribution in [1.82, 2.24) is 4.90 Å². The van der Waals surface area contributed by atoms with Crippen LogP contribution in [0.15, 0.2) is 0 Å². The smallest absolute Gasteiger partial charge is 0.204 e. The number of hydrogen-bond donors (Lipinski definition) is 1. The van der Waals surface area contributed by atoms with Crippen LogP contribution >= 0.6 is 0 Å². The van der Waals surface area contributed by atoms with Crippen molar-refractivity contribution in [3.05, 3.63) is 0 Å². The highest BCUT2D eigenvalue weighted by Crippen LogP contribution is 2.11. The van der Waals surface area contributed by atoms with Gasteiger partial charge < -0.3 is 10.6 Å². The van der Waals surface area contributed by atoms with Gasteiger partial charge in [0.15, 0.2) is 0 Å². The van der Waals surface area contributed by atoms with Gasteiger partial charge in [0.25, 0.3) is 0 Å². The number of nitrogens with two attached hydrogens (primary N) is 1. The van der Waals surface area contributed by atoms with E-state index in [1.165, 1.54) is 13.0 Å². The largest absolute Gasteiger partial charge is 0.372 e. The summed E-state index contributed by atoms with van der Waals surface area (Å²) in [7, 11) is 2.16. The molecule has 0 aromatic carbocycles. The lowest BCUT2D eigenvalue weighted by molar-refractivity contribution is -0.106. The SMILES string of the molecule is CC1CCN1C.NC=O. The van der Waals surface area contributed by atoms with Gasteiger partial charge in [0.1, 0.15) is 0 Å². The van der Waals surface area contributed by atoms with Crippen molar-refractivity contribution < 1.29 is 4.79 Å². The predicted molar refractivity (Wildman–Crippen MR) is 37.0 cm³/mol. The van der Waals surface area contributed by atoms with E-state index < -0.39 is 0 Å². The molecule has 1 unspecified atom stereocenters. The normalized spacial score (nSPS) is 25.3. The molecule has 54 valence electrons. The van der Waals surface area contributed by atoms with Gasteiger partial charge in [-0.1, -0.05) is 0 Å². The number of carbonyl (C=O) groups excluding carboxylic acids is 1. The first-order chi connectivity index (χ1) is 4.22. The molecule has 2 N–H and O–H groups in total. The topological polar surface area (TPSA) is 46.3 Å². The minimum absolute atomic E-state index is 0.250. The molecule has 1 atom stereocenters. The number of hydrogen-bond acceptors (Lipinski definition) is 2. The van der Waals surface area contributed by atoms with Crippen LogP contribution < -0.4 is 5.73 Å². The summed E-state index contributed by atoms with van der Waals surface area (Å²) < 4.78 is 0. The Kier molecular flexibility index (Phi) is 4.05. The summed E-state index contributed by atoms with van der Waals surface area (Å²) in [5, 5.41) is 0. The molecular formula is C6H14N2O. The van der Waals surface area contributed by atoms with E-state index in [2.05, 4.69) is 24.6 Å². The molecule has 0 radical (unpaired) electrons. The van der Waals surface area contributed by atoms with Gasteiger partial charge in [0.2, 0.25) is 6.41 Å². The van der Waals surface area contributed by atoms with E-state index in [0.29, 0.717) is 0 Å². The highest BCUT2D eigenvalue weighted by Gasteiger charge is 2.17. The first-order valence-corrected chi connectivity index (χ1v) is 3.08. The molecule has 1 saturated heterocycles. The Balaban J connectivity index is 0.000000187. The minimum atomic E-state index is 0.250. The first kappa shape index (κ1) is 8.43. The molecule has 3 heteroatoms. The maximum atomic E-state index is 8.58. The van der Waals surface area contributed by atoms with Crippen molar-refractivity contribution in [2.45, 2.75) is 19.4 Å². The summed E-state index contributed by atoms with van der Waals surface area (Å²) in [6.07, 6.45) is 1.65. The van der Waals surface area contributed by atoms with Crippen molar-refractivity contribution in [1.29, 1.82) is 0 Å². The molecule has 1 fully saturated rings. The summed E-state index contributed by atoms with van der Waals surface area (Å²) in [4.78, 5) is 10.9. The molecule has 1 rings (SSSR count). The van der Waals surface area contributed by atoms with Crippen LogP contribution in [0, 0.1) is 0 Å². The summed E-state index contributed by atoms with van der Waals surface area (Å²) >= 11 is 0. The van der Waals surface area contributed by atoms with Crippen molar-refractivity contribution in [3.63, 3.8) is 0 Å². The fourth-order valence-corrected chi connectivity index (χ4v) is 0.645. The van der Waals surface area contributed by atoms with Gasteiger partial charge in [0.05, 0.1) is 0 Å². The zero-order valence-corrected chi connectivity index (χ0v) is 6.00.